The lowest BCUT2D eigenvalue weighted by atomic mass is 10.3. The molecule has 32 heavy (non-hydrogen) atoms. The number of carbonyl (C=O) groups is 1. The summed E-state index contributed by atoms with van der Waals surface area (Å²) in [4.78, 5) is 28.2. The van der Waals surface area contributed by atoms with Crippen LogP contribution in [-0.4, -0.2) is 32.8 Å². The minimum atomic E-state index is -0.793. The molecule has 0 aliphatic carbocycles. The van der Waals surface area contributed by atoms with E-state index in [0.29, 0.717) is 11.4 Å². The van der Waals surface area contributed by atoms with Crippen molar-refractivity contribution in [3.05, 3.63) is 88.6 Å². The Labute approximate surface area is 181 Å². The van der Waals surface area contributed by atoms with Gasteiger partial charge in [-0.05, 0) is 24.3 Å². The fourth-order valence-corrected chi connectivity index (χ4v) is 2.88. The van der Waals surface area contributed by atoms with Gasteiger partial charge in [0, 0.05) is 0 Å². The third kappa shape index (κ3) is 3.88. The zero-order valence-corrected chi connectivity index (χ0v) is 16.8. The number of amides is 1. The van der Waals surface area contributed by atoms with Crippen LogP contribution in [0.5, 0.6) is 0 Å². The third-order valence-corrected chi connectivity index (χ3v) is 4.38. The second-order valence-corrected chi connectivity index (χ2v) is 6.34. The van der Waals surface area contributed by atoms with E-state index < -0.39 is 11.7 Å². The minimum Gasteiger partial charge on any atom is -0.453 e. The van der Waals surface area contributed by atoms with Crippen LogP contribution in [0.4, 0.5) is 27.8 Å². The molecule has 2 aromatic heterocycles. The van der Waals surface area contributed by atoms with E-state index in [9.17, 15) is 9.59 Å². The van der Waals surface area contributed by atoms with Crippen LogP contribution in [0.1, 0.15) is 0 Å². The van der Waals surface area contributed by atoms with Crippen LogP contribution >= 0.6 is 0 Å². The Kier molecular flexibility index (Phi) is 5.58. The Morgan fingerprint density at radius 3 is 2.38 bits per heavy atom. The summed E-state index contributed by atoms with van der Waals surface area (Å²) in [6, 6.07) is 17.8. The lowest BCUT2D eigenvalue weighted by molar-refractivity contribution is 0.187. The molecule has 158 valence electrons. The number of methoxy groups -OCH3 is 1. The van der Waals surface area contributed by atoms with Gasteiger partial charge < -0.3 is 4.74 Å². The van der Waals surface area contributed by atoms with Gasteiger partial charge in [0.15, 0.2) is 17.3 Å². The number of ether oxygens (including phenoxy) is 1. The van der Waals surface area contributed by atoms with Crippen molar-refractivity contribution in [1.29, 1.82) is 0 Å². The minimum absolute atomic E-state index is 0.00964. The predicted octanol–water partition coefficient (Wildman–Crippen LogP) is 4.50. The highest BCUT2D eigenvalue weighted by atomic mass is 16.5. The van der Waals surface area contributed by atoms with Crippen LogP contribution < -0.4 is 10.9 Å². The highest BCUT2D eigenvalue weighted by Gasteiger charge is 2.19. The molecule has 4 aromatic rings. The van der Waals surface area contributed by atoms with Gasteiger partial charge in [0.1, 0.15) is 0 Å². The zero-order valence-electron chi connectivity index (χ0n) is 16.8. The summed E-state index contributed by atoms with van der Waals surface area (Å²) in [5.41, 5.74) is 0.625. The monoisotopic (exact) mass is 428 g/mol. The lowest BCUT2D eigenvalue weighted by Gasteiger charge is -2.03. The normalized spacial score (nSPS) is 10.8. The van der Waals surface area contributed by atoms with Crippen molar-refractivity contribution >= 4 is 29.1 Å². The number of para-hydroxylation sites is 2. The fourth-order valence-electron chi connectivity index (χ4n) is 2.88. The lowest BCUT2D eigenvalue weighted by Crippen LogP contribution is -2.13. The van der Waals surface area contributed by atoms with Crippen LogP contribution in [0.2, 0.25) is 0 Å². The van der Waals surface area contributed by atoms with Crippen molar-refractivity contribution in [3.63, 3.8) is 0 Å². The summed E-state index contributed by atoms with van der Waals surface area (Å²) in [5.74, 6) is 0.131. The summed E-state index contributed by atoms with van der Waals surface area (Å²) in [7, 11) is 1.20. The summed E-state index contributed by atoms with van der Waals surface area (Å²) >= 11 is 0. The van der Waals surface area contributed by atoms with E-state index >= 15 is 0 Å². The van der Waals surface area contributed by atoms with E-state index in [1.807, 2.05) is 24.3 Å². The van der Waals surface area contributed by atoms with Gasteiger partial charge in [0.25, 0.3) is 5.69 Å². The molecule has 2 heterocycles. The van der Waals surface area contributed by atoms with Crippen LogP contribution in [0, 0.1) is 6.57 Å². The Bertz CT molecular complexity index is 1380. The number of H-pyrrole nitrogens is 1. The van der Waals surface area contributed by atoms with Crippen molar-refractivity contribution in [2.24, 2.45) is 10.2 Å². The number of nitrogens with one attached hydrogen (secondary N) is 2. The molecular weight excluding hydrogens is 412 g/mol. The van der Waals surface area contributed by atoms with E-state index in [1.54, 1.807) is 36.4 Å². The molecule has 2 aromatic carbocycles. The van der Waals surface area contributed by atoms with Gasteiger partial charge >= 0.3 is 11.7 Å². The number of nitrogens with zero attached hydrogens (tertiary/aromatic N) is 6. The number of benzene rings is 2. The summed E-state index contributed by atoms with van der Waals surface area (Å²) in [5, 5.41) is 17.6. The van der Waals surface area contributed by atoms with Gasteiger partial charge in [0.2, 0.25) is 0 Å². The highest BCUT2D eigenvalue weighted by Crippen LogP contribution is 2.32. The number of anilines is 1. The first-order chi connectivity index (χ1) is 15.6. The number of aromatic amines is 1. The quantitative estimate of drug-likeness (QED) is 0.359. The maximum absolute atomic E-state index is 13.0. The van der Waals surface area contributed by atoms with Gasteiger partial charge in [-0.15, -0.1) is 10.2 Å². The van der Waals surface area contributed by atoms with Crippen molar-refractivity contribution in [3.8, 4) is 11.4 Å². The molecule has 0 fully saturated rings. The topological polar surface area (TPSA) is 123 Å². The number of rotatable bonds is 5. The largest absolute Gasteiger partial charge is 0.453 e. The second kappa shape index (κ2) is 8.80. The van der Waals surface area contributed by atoms with E-state index in [4.69, 9.17) is 6.57 Å². The molecule has 11 nitrogen and oxygen atoms in total. The van der Waals surface area contributed by atoms with Crippen LogP contribution in [-0.2, 0) is 4.74 Å². The van der Waals surface area contributed by atoms with Gasteiger partial charge in [0.05, 0.1) is 31.3 Å². The maximum Gasteiger partial charge on any atom is 0.412 e. The average molecular weight is 428 g/mol. The highest BCUT2D eigenvalue weighted by molar-refractivity contribution is 5.86. The Balaban J connectivity index is 1.82. The molecule has 11 heteroatoms. The Morgan fingerprint density at radius 2 is 1.75 bits per heavy atom. The first-order valence-corrected chi connectivity index (χ1v) is 9.30. The van der Waals surface area contributed by atoms with Crippen LogP contribution in [0.25, 0.3) is 16.2 Å². The summed E-state index contributed by atoms with van der Waals surface area (Å²) < 4.78 is 7.27. The Hall–Kier alpha value is -4.98. The molecule has 0 aliphatic heterocycles. The van der Waals surface area contributed by atoms with E-state index in [-0.39, 0.29) is 23.0 Å². The van der Waals surface area contributed by atoms with Crippen LogP contribution in [0.15, 0.2) is 81.9 Å². The second-order valence-electron chi connectivity index (χ2n) is 6.34. The molecule has 0 unspecified atom stereocenters. The number of carbonyl (C=O) groups excluding carboxylic acids is 1. The predicted molar refractivity (Wildman–Crippen MR) is 116 cm³/mol. The summed E-state index contributed by atoms with van der Waals surface area (Å²) in [6.45, 7) is 7.39. The first-order valence-electron chi connectivity index (χ1n) is 9.30. The van der Waals surface area contributed by atoms with Crippen molar-refractivity contribution in [2.45, 2.75) is 0 Å². The van der Waals surface area contributed by atoms with Crippen molar-refractivity contribution < 1.29 is 9.53 Å². The molecule has 0 spiro atoms. The number of hydrogen-bond acceptors (Lipinski definition) is 6. The maximum atomic E-state index is 13.0. The first kappa shape index (κ1) is 20.3. The molecule has 2 N–H and O–H groups in total. The van der Waals surface area contributed by atoms with Gasteiger partial charge in [-0.1, -0.05) is 36.4 Å². The number of hydrogen-bond donors (Lipinski definition) is 2. The number of azo groups is 1. The molecule has 0 bridgehead atoms. The van der Waals surface area contributed by atoms with Gasteiger partial charge in [-0.25, -0.2) is 19.0 Å². The fraction of sp³-hybridized carbons (Fsp3) is 0.0476. The molecular formula is C21H16N8O3. The molecule has 0 atom stereocenters. The molecule has 1 amide bonds. The standard InChI is InChI=1S/C21H16N8O3/c1-22-16-13-23-28(14-9-5-3-6-10-14)19(16)26-25-17-18(24-21(31)32-2)27-29(20(17)30)15-11-7-4-8-12-15/h3-13,27H,2H3,(H,24,31). The van der Waals surface area contributed by atoms with Crippen molar-refractivity contribution in [1.82, 2.24) is 19.6 Å². The zero-order chi connectivity index (χ0) is 22.5. The van der Waals surface area contributed by atoms with Crippen molar-refractivity contribution in [2.75, 3.05) is 12.4 Å². The Morgan fingerprint density at radius 1 is 1.09 bits per heavy atom. The molecule has 0 aliphatic rings. The molecule has 4 rings (SSSR count). The SMILES string of the molecule is [C-]#[N+]c1cnn(-c2ccccc2)c1N=Nc1c(NC(=O)OC)[nH]n(-c2ccccc2)c1=O. The number of aromatic nitrogens is 4. The average Bonchev–Trinajstić information content (AvgIpc) is 3.39. The molecule has 0 saturated carbocycles. The van der Waals surface area contributed by atoms with E-state index in [2.05, 4.69) is 35.3 Å². The van der Waals surface area contributed by atoms with Gasteiger partial charge in [-0.2, -0.15) is 5.10 Å². The van der Waals surface area contributed by atoms with E-state index in [0.717, 1.165) is 0 Å². The van der Waals surface area contributed by atoms with Gasteiger partial charge in [-0.3, -0.25) is 15.2 Å². The summed E-state index contributed by atoms with van der Waals surface area (Å²) in [6.07, 6.45) is 0.570. The molecule has 0 saturated heterocycles. The van der Waals surface area contributed by atoms with Crippen LogP contribution in [0.3, 0.4) is 0 Å². The third-order valence-electron chi connectivity index (χ3n) is 4.38. The smallest absolute Gasteiger partial charge is 0.412 e. The molecule has 0 radical (unpaired) electrons. The van der Waals surface area contributed by atoms with E-state index in [1.165, 1.54) is 22.7 Å².